The standard InChI is InChI=1S/C22H24F5NO2.C2H2O4/c23-18-7-3-15(4-8-18)21(16-5-9-19(24)10-6-16)30-14-20(29)13-28-11-1-2-17(12-28)22(25,26)27;3-1(4)2(5)6/h3-10,17,20-21,29H,1-2,11-14H2;(H,3,4)(H,5,6). The number of aliphatic carboxylic acids is 2. The molecule has 0 saturated carbocycles. The molecule has 36 heavy (non-hydrogen) atoms. The lowest BCUT2D eigenvalue weighted by Crippen LogP contribution is -2.45. The molecular formula is C24H26F5NO6. The normalized spacial score (nSPS) is 17.2. The van der Waals surface area contributed by atoms with Crippen molar-refractivity contribution in [2.45, 2.75) is 31.2 Å². The number of piperidine rings is 1. The van der Waals surface area contributed by atoms with Crippen molar-refractivity contribution in [1.29, 1.82) is 0 Å². The summed E-state index contributed by atoms with van der Waals surface area (Å²) in [4.78, 5) is 19.8. The highest BCUT2D eigenvalue weighted by Gasteiger charge is 2.41. The number of halogens is 5. The number of β-amino-alcohol motifs (C(OH)–C–C–N with tert-alkyl or cyclic N) is 1. The summed E-state index contributed by atoms with van der Waals surface area (Å²) < 4.78 is 71.3. The van der Waals surface area contributed by atoms with Gasteiger partial charge < -0.3 is 25.0 Å². The Bertz CT molecular complexity index is 926. The number of alkyl halides is 3. The monoisotopic (exact) mass is 519 g/mol. The fourth-order valence-corrected chi connectivity index (χ4v) is 3.71. The maximum absolute atomic E-state index is 13.3. The summed E-state index contributed by atoms with van der Waals surface area (Å²) in [5.41, 5.74) is 1.23. The van der Waals surface area contributed by atoms with Gasteiger partial charge >= 0.3 is 18.1 Å². The average Bonchev–Trinajstić information content (AvgIpc) is 2.81. The topological polar surface area (TPSA) is 107 Å². The molecule has 0 aromatic heterocycles. The van der Waals surface area contributed by atoms with Crippen molar-refractivity contribution in [3.05, 3.63) is 71.3 Å². The smallest absolute Gasteiger partial charge is 0.414 e. The molecule has 0 aliphatic carbocycles. The first-order chi connectivity index (χ1) is 16.9. The number of rotatable bonds is 7. The number of hydrogen-bond acceptors (Lipinski definition) is 5. The van der Waals surface area contributed by atoms with Crippen molar-refractivity contribution < 1.29 is 51.6 Å². The largest absolute Gasteiger partial charge is 0.473 e. The highest BCUT2D eigenvalue weighted by molar-refractivity contribution is 6.27. The van der Waals surface area contributed by atoms with Gasteiger partial charge in [-0.3, -0.25) is 0 Å². The fourth-order valence-electron chi connectivity index (χ4n) is 3.71. The molecule has 1 fully saturated rings. The Labute approximate surface area is 203 Å². The molecule has 7 nitrogen and oxygen atoms in total. The maximum Gasteiger partial charge on any atom is 0.414 e. The van der Waals surface area contributed by atoms with E-state index in [-0.39, 0.29) is 26.1 Å². The van der Waals surface area contributed by atoms with Gasteiger partial charge in [0.2, 0.25) is 0 Å². The van der Waals surface area contributed by atoms with Crippen molar-refractivity contribution in [3.8, 4) is 0 Å². The average molecular weight is 519 g/mol. The fraction of sp³-hybridized carbons (Fsp3) is 0.417. The minimum atomic E-state index is -4.24. The molecule has 1 saturated heterocycles. The van der Waals surface area contributed by atoms with Gasteiger partial charge in [-0.2, -0.15) is 13.2 Å². The molecule has 1 aliphatic rings. The van der Waals surface area contributed by atoms with Gasteiger partial charge in [-0.15, -0.1) is 0 Å². The zero-order chi connectivity index (χ0) is 26.9. The number of benzene rings is 2. The zero-order valence-electron chi connectivity index (χ0n) is 19.0. The van der Waals surface area contributed by atoms with Crippen LogP contribution in [-0.4, -0.2) is 70.7 Å². The second kappa shape index (κ2) is 13.3. The highest BCUT2D eigenvalue weighted by Crippen LogP contribution is 2.33. The highest BCUT2D eigenvalue weighted by atomic mass is 19.4. The molecule has 2 aromatic rings. The van der Waals surface area contributed by atoms with E-state index in [1.165, 1.54) is 48.5 Å². The molecule has 12 heteroatoms. The molecule has 2 aromatic carbocycles. The van der Waals surface area contributed by atoms with Crippen LogP contribution in [0.2, 0.25) is 0 Å². The Morgan fingerprint density at radius 1 is 0.944 bits per heavy atom. The summed E-state index contributed by atoms with van der Waals surface area (Å²) in [6.45, 7) is 0.279. The van der Waals surface area contributed by atoms with Crippen LogP contribution < -0.4 is 0 Å². The lowest BCUT2D eigenvalue weighted by atomic mass is 9.97. The van der Waals surface area contributed by atoms with Crippen molar-refractivity contribution in [2.24, 2.45) is 5.92 Å². The number of likely N-dealkylation sites (tertiary alicyclic amines) is 1. The van der Waals surface area contributed by atoms with E-state index in [1.54, 1.807) is 4.90 Å². The van der Waals surface area contributed by atoms with Crippen molar-refractivity contribution in [3.63, 3.8) is 0 Å². The molecule has 1 heterocycles. The Kier molecular flexibility index (Phi) is 10.8. The molecule has 0 bridgehead atoms. The summed E-state index contributed by atoms with van der Waals surface area (Å²) in [6, 6.07) is 11.2. The minimum Gasteiger partial charge on any atom is -0.473 e. The first-order valence-corrected chi connectivity index (χ1v) is 10.9. The lowest BCUT2D eigenvalue weighted by Gasteiger charge is -2.34. The quantitative estimate of drug-likeness (QED) is 0.377. The Balaban J connectivity index is 0.000000678. The predicted octanol–water partition coefficient (Wildman–Crippen LogP) is 3.86. The van der Waals surface area contributed by atoms with Crippen molar-refractivity contribution in [2.75, 3.05) is 26.2 Å². The lowest BCUT2D eigenvalue weighted by molar-refractivity contribution is -0.188. The van der Waals surface area contributed by atoms with Crippen LogP contribution in [0.4, 0.5) is 22.0 Å². The molecule has 3 N–H and O–H groups in total. The van der Waals surface area contributed by atoms with Crippen LogP contribution >= 0.6 is 0 Å². The third-order valence-electron chi connectivity index (χ3n) is 5.42. The van der Waals surface area contributed by atoms with E-state index in [0.29, 0.717) is 24.1 Å². The third kappa shape index (κ3) is 9.51. The van der Waals surface area contributed by atoms with Crippen LogP contribution in [0.3, 0.4) is 0 Å². The molecular weight excluding hydrogens is 493 g/mol. The van der Waals surface area contributed by atoms with Crippen LogP contribution in [0.1, 0.15) is 30.1 Å². The van der Waals surface area contributed by atoms with E-state index < -0.39 is 47.9 Å². The van der Waals surface area contributed by atoms with Gasteiger partial charge in [0.1, 0.15) is 17.7 Å². The van der Waals surface area contributed by atoms with Gasteiger partial charge in [-0.25, -0.2) is 18.4 Å². The number of carboxylic acids is 2. The summed E-state index contributed by atoms with van der Waals surface area (Å²) in [5, 5.41) is 25.1. The summed E-state index contributed by atoms with van der Waals surface area (Å²) in [5.74, 6) is -5.86. The first-order valence-electron chi connectivity index (χ1n) is 10.9. The van der Waals surface area contributed by atoms with E-state index in [4.69, 9.17) is 24.5 Å². The number of carboxylic acid groups (broad SMARTS) is 2. The summed E-state index contributed by atoms with van der Waals surface area (Å²) in [6.07, 6.45) is -5.39. The third-order valence-corrected chi connectivity index (χ3v) is 5.42. The Hall–Kier alpha value is -3.09. The number of aliphatic hydroxyl groups is 1. The van der Waals surface area contributed by atoms with Crippen molar-refractivity contribution in [1.82, 2.24) is 4.90 Å². The van der Waals surface area contributed by atoms with Crippen LogP contribution in [0, 0.1) is 17.6 Å². The van der Waals surface area contributed by atoms with Gasteiger partial charge in [0.25, 0.3) is 0 Å². The van der Waals surface area contributed by atoms with E-state index >= 15 is 0 Å². The Morgan fingerprint density at radius 3 is 1.83 bits per heavy atom. The molecule has 0 amide bonds. The van der Waals surface area contributed by atoms with Gasteiger partial charge in [-0.05, 0) is 54.8 Å². The number of aliphatic hydroxyl groups excluding tert-OH is 1. The second-order valence-electron chi connectivity index (χ2n) is 8.22. The number of hydrogen-bond donors (Lipinski definition) is 3. The van der Waals surface area contributed by atoms with Crippen LogP contribution in [0.25, 0.3) is 0 Å². The molecule has 3 rings (SSSR count). The SMILES string of the molecule is O=C(O)C(=O)O.OC(COC(c1ccc(F)cc1)c1ccc(F)cc1)CN1CCCC(C(F)(F)F)C1. The van der Waals surface area contributed by atoms with Gasteiger partial charge in [0, 0.05) is 13.1 Å². The minimum absolute atomic E-state index is 0.0616. The van der Waals surface area contributed by atoms with Gasteiger partial charge in [0.05, 0.1) is 18.6 Å². The first kappa shape index (κ1) is 29.1. The maximum atomic E-state index is 13.3. The van der Waals surface area contributed by atoms with E-state index in [1.807, 2.05) is 0 Å². The molecule has 198 valence electrons. The zero-order valence-corrected chi connectivity index (χ0v) is 19.0. The van der Waals surface area contributed by atoms with Crippen LogP contribution in [-0.2, 0) is 14.3 Å². The summed E-state index contributed by atoms with van der Waals surface area (Å²) in [7, 11) is 0. The number of carbonyl (C=O) groups is 2. The molecule has 0 spiro atoms. The van der Waals surface area contributed by atoms with E-state index in [9.17, 15) is 27.1 Å². The number of ether oxygens (including phenoxy) is 1. The molecule has 1 aliphatic heterocycles. The second-order valence-corrected chi connectivity index (χ2v) is 8.22. The Morgan fingerprint density at radius 2 is 1.42 bits per heavy atom. The predicted molar refractivity (Wildman–Crippen MR) is 117 cm³/mol. The summed E-state index contributed by atoms with van der Waals surface area (Å²) >= 11 is 0. The van der Waals surface area contributed by atoms with Crippen LogP contribution in [0.15, 0.2) is 48.5 Å². The van der Waals surface area contributed by atoms with Crippen LogP contribution in [0.5, 0.6) is 0 Å². The molecule has 0 radical (unpaired) electrons. The van der Waals surface area contributed by atoms with Crippen molar-refractivity contribution >= 4 is 11.9 Å². The van der Waals surface area contributed by atoms with Gasteiger partial charge in [-0.1, -0.05) is 24.3 Å². The molecule has 2 unspecified atom stereocenters. The van der Waals surface area contributed by atoms with E-state index in [0.717, 1.165) is 0 Å². The van der Waals surface area contributed by atoms with Gasteiger partial charge in [0.15, 0.2) is 0 Å². The number of nitrogens with zero attached hydrogens (tertiary/aromatic N) is 1. The van der Waals surface area contributed by atoms with E-state index in [2.05, 4.69) is 0 Å². The molecule has 2 atom stereocenters.